The van der Waals surface area contributed by atoms with Gasteiger partial charge in [0.25, 0.3) is 5.91 Å². The third-order valence-electron chi connectivity index (χ3n) is 4.62. The lowest BCUT2D eigenvalue weighted by Crippen LogP contribution is -2.46. The molecule has 1 atom stereocenters. The van der Waals surface area contributed by atoms with Gasteiger partial charge in [0.2, 0.25) is 5.91 Å². The van der Waals surface area contributed by atoms with Gasteiger partial charge in [-0.05, 0) is 38.3 Å². The molecule has 1 heterocycles. The molecule has 0 unspecified atom stereocenters. The Morgan fingerprint density at radius 2 is 1.92 bits per heavy atom. The Hall–Kier alpha value is -2.37. The van der Waals surface area contributed by atoms with Crippen molar-refractivity contribution >= 4 is 17.8 Å². The Kier molecular flexibility index (Phi) is 6.56. The van der Waals surface area contributed by atoms with Crippen molar-refractivity contribution in [2.45, 2.75) is 32.6 Å². The number of likely N-dealkylation sites (tertiary alicyclic amines) is 1. The normalized spacial score (nSPS) is 17.2. The molecule has 6 nitrogen and oxygen atoms in total. The Labute approximate surface area is 148 Å². The minimum atomic E-state index is -0.853. The molecular weight excluding hydrogens is 320 g/mol. The Morgan fingerprint density at radius 3 is 2.56 bits per heavy atom. The van der Waals surface area contributed by atoms with Crippen LogP contribution in [0.4, 0.5) is 0 Å². The summed E-state index contributed by atoms with van der Waals surface area (Å²) < 4.78 is 0. The van der Waals surface area contributed by atoms with Crippen molar-refractivity contribution < 1.29 is 19.5 Å². The molecule has 1 aromatic rings. The highest BCUT2D eigenvalue weighted by Gasteiger charge is 2.30. The first kappa shape index (κ1) is 19.0. The van der Waals surface area contributed by atoms with E-state index < -0.39 is 5.97 Å². The first-order valence-electron chi connectivity index (χ1n) is 8.71. The zero-order valence-corrected chi connectivity index (χ0v) is 14.9. The number of aliphatic carboxylic acids is 1. The molecule has 0 spiro atoms. The molecular formula is C19H26N2O4. The molecule has 1 fully saturated rings. The first-order chi connectivity index (χ1) is 11.9. The van der Waals surface area contributed by atoms with Gasteiger partial charge in [-0.1, -0.05) is 17.7 Å². The Balaban J connectivity index is 1.93. The van der Waals surface area contributed by atoms with Gasteiger partial charge in [-0.15, -0.1) is 0 Å². The molecule has 0 aromatic heterocycles. The predicted octanol–water partition coefficient (Wildman–Crippen LogP) is 2.17. The second-order valence-electron chi connectivity index (χ2n) is 6.71. The van der Waals surface area contributed by atoms with Gasteiger partial charge in [0.1, 0.15) is 0 Å². The minimum absolute atomic E-state index is 0.00760. The highest BCUT2D eigenvalue weighted by Crippen LogP contribution is 2.21. The van der Waals surface area contributed by atoms with Crippen LogP contribution in [0.5, 0.6) is 0 Å². The van der Waals surface area contributed by atoms with Gasteiger partial charge in [-0.2, -0.15) is 0 Å². The van der Waals surface area contributed by atoms with E-state index in [9.17, 15) is 14.4 Å². The lowest BCUT2D eigenvalue weighted by atomic mass is 9.95. The molecule has 0 bridgehead atoms. The number of carbonyl (C=O) groups is 3. The SMILES string of the molecule is Cc1ccc(C(=O)N2CCC[C@@H](C(=O)N(C)CCCC(=O)O)C2)cc1. The zero-order chi connectivity index (χ0) is 18.4. The fourth-order valence-corrected chi connectivity index (χ4v) is 3.13. The second-order valence-corrected chi connectivity index (χ2v) is 6.71. The molecule has 0 aliphatic carbocycles. The highest BCUT2D eigenvalue weighted by atomic mass is 16.4. The molecule has 0 saturated carbocycles. The molecule has 136 valence electrons. The Bertz CT molecular complexity index is 627. The smallest absolute Gasteiger partial charge is 0.303 e. The lowest BCUT2D eigenvalue weighted by molar-refractivity contribution is -0.139. The number of amides is 2. The van der Waals surface area contributed by atoms with Crippen molar-refractivity contribution in [1.29, 1.82) is 0 Å². The van der Waals surface area contributed by atoms with Crippen LogP contribution < -0.4 is 0 Å². The number of piperidine rings is 1. The predicted molar refractivity (Wildman–Crippen MR) is 94.3 cm³/mol. The number of carboxylic acids is 1. The molecule has 6 heteroatoms. The van der Waals surface area contributed by atoms with Crippen molar-refractivity contribution in [2.24, 2.45) is 5.92 Å². The molecule has 2 amide bonds. The Morgan fingerprint density at radius 1 is 1.24 bits per heavy atom. The molecule has 1 aliphatic rings. The van der Waals surface area contributed by atoms with Gasteiger partial charge in [-0.3, -0.25) is 14.4 Å². The van der Waals surface area contributed by atoms with Crippen LogP contribution in [0.15, 0.2) is 24.3 Å². The van der Waals surface area contributed by atoms with E-state index in [2.05, 4.69) is 0 Å². The quantitative estimate of drug-likeness (QED) is 0.856. The zero-order valence-electron chi connectivity index (χ0n) is 14.9. The summed E-state index contributed by atoms with van der Waals surface area (Å²) in [7, 11) is 1.70. The fraction of sp³-hybridized carbons (Fsp3) is 0.526. The van der Waals surface area contributed by atoms with E-state index in [1.807, 2.05) is 31.2 Å². The maximum absolute atomic E-state index is 12.6. The minimum Gasteiger partial charge on any atom is -0.481 e. The number of benzene rings is 1. The molecule has 1 saturated heterocycles. The summed E-state index contributed by atoms with van der Waals surface area (Å²) in [6.07, 6.45) is 2.06. The summed E-state index contributed by atoms with van der Waals surface area (Å²) in [4.78, 5) is 39.1. The van der Waals surface area contributed by atoms with Crippen molar-refractivity contribution in [2.75, 3.05) is 26.7 Å². The number of carbonyl (C=O) groups excluding carboxylic acids is 2. The van der Waals surface area contributed by atoms with Gasteiger partial charge in [-0.25, -0.2) is 0 Å². The molecule has 0 radical (unpaired) electrons. The van der Waals surface area contributed by atoms with Crippen LogP contribution in [0, 0.1) is 12.8 Å². The number of rotatable bonds is 6. The van der Waals surface area contributed by atoms with Crippen molar-refractivity contribution in [3.63, 3.8) is 0 Å². The highest BCUT2D eigenvalue weighted by molar-refractivity contribution is 5.94. The summed E-state index contributed by atoms with van der Waals surface area (Å²) in [5, 5.41) is 8.69. The third-order valence-corrected chi connectivity index (χ3v) is 4.62. The molecule has 1 N–H and O–H groups in total. The van der Waals surface area contributed by atoms with Crippen LogP contribution >= 0.6 is 0 Å². The standard InChI is InChI=1S/C19H26N2O4/c1-14-7-9-15(10-8-14)19(25)21-12-3-5-16(13-21)18(24)20(2)11-4-6-17(22)23/h7-10,16H,3-6,11-13H2,1-2H3,(H,22,23)/t16-/m1/s1. The van der Waals surface area contributed by atoms with Crippen LogP contribution in [0.1, 0.15) is 41.6 Å². The van der Waals surface area contributed by atoms with E-state index in [1.54, 1.807) is 16.8 Å². The summed E-state index contributed by atoms with van der Waals surface area (Å²) in [5.74, 6) is -1.11. The van der Waals surface area contributed by atoms with Gasteiger partial charge in [0, 0.05) is 38.7 Å². The van der Waals surface area contributed by atoms with Crippen molar-refractivity contribution in [3.05, 3.63) is 35.4 Å². The van der Waals surface area contributed by atoms with Crippen LogP contribution in [-0.4, -0.2) is 59.4 Å². The fourth-order valence-electron chi connectivity index (χ4n) is 3.13. The van der Waals surface area contributed by atoms with E-state index in [0.29, 0.717) is 31.6 Å². The number of carboxylic acid groups (broad SMARTS) is 1. The number of hydrogen-bond donors (Lipinski definition) is 1. The van der Waals surface area contributed by atoms with Crippen molar-refractivity contribution in [1.82, 2.24) is 9.80 Å². The van der Waals surface area contributed by atoms with E-state index in [0.717, 1.165) is 18.4 Å². The van der Waals surface area contributed by atoms with Gasteiger partial charge in [0.15, 0.2) is 0 Å². The average Bonchev–Trinajstić information content (AvgIpc) is 2.60. The monoisotopic (exact) mass is 346 g/mol. The van der Waals surface area contributed by atoms with Crippen LogP contribution in [0.2, 0.25) is 0 Å². The van der Waals surface area contributed by atoms with Crippen molar-refractivity contribution in [3.8, 4) is 0 Å². The van der Waals surface area contributed by atoms with Gasteiger partial charge in [0.05, 0.1) is 5.92 Å². The van der Waals surface area contributed by atoms with Gasteiger partial charge < -0.3 is 14.9 Å². The van der Waals surface area contributed by atoms with Crippen LogP contribution in [0.3, 0.4) is 0 Å². The molecule has 25 heavy (non-hydrogen) atoms. The van der Waals surface area contributed by atoms with Crippen LogP contribution in [0.25, 0.3) is 0 Å². The number of aryl methyl sites for hydroxylation is 1. The number of nitrogens with zero attached hydrogens (tertiary/aromatic N) is 2. The van der Waals surface area contributed by atoms with E-state index in [1.165, 1.54) is 0 Å². The molecule has 1 aliphatic heterocycles. The molecule has 2 rings (SSSR count). The second kappa shape index (κ2) is 8.65. The average molecular weight is 346 g/mol. The summed E-state index contributed by atoms with van der Waals surface area (Å²) >= 11 is 0. The largest absolute Gasteiger partial charge is 0.481 e. The maximum atomic E-state index is 12.6. The summed E-state index contributed by atoms with van der Waals surface area (Å²) in [6.45, 7) is 3.49. The van der Waals surface area contributed by atoms with E-state index in [-0.39, 0.29) is 24.2 Å². The number of hydrogen-bond acceptors (Lipinski definition) is 3. The summed E-state index contributed by atoms with van der Waals surface area (Å²) in [6, 6.07) is 7.47. The maximum Gasteiger partial charge on any atom is 0.303 e. The summed E-state index contributed by atoms with van der Waals surface area (Å²) in [5.41, 5.74) is 1.75. The van der Waals surface area contributed by atoms with Gasteiger partial charge >= 0.3 is 5.97 Å². The topological polar surface area (TPSA) is 77.9 Å². The van der Waals surface area contributed by atoms with E-state index in [4.69, 9.17) is 5.11 Å². The van der Waals surface area contributed by atoms with Crippen LogP contribution in [-0.2, 0) is 9.59 Å². The first-order valence-corrected chi connectivity index (χ1v) is 8.71. The molecule has 1 aromatic carbocycles. The third kappa shape index (κ3) is 5.31. The lowest BCUT2D eigenvalue weighted by Gasteiger charge is -2.34. The van der Waals surface area contributed by atoms with E-state index >= 15 is 0 Å².